The van der Waals surface area contributed by atoms with Gasteiger partial charge in [-0.3, -0.25) is 4.55 Å². The van der Waals surface area contributed by atoms with E-state index in [1.54, 1.807) is 0 Å². The molecule has 0 fully saturated rings. The normalized spacial score (nSPS) is 11.0. The fourth-order valence-electron chi connectivity index (χ4n) is 2.09. The molecule has 8 heteroatoms. The molecular formula is C16H14O7S. The average Bonchev–Trinajstić information content (AvgIpc) is 2.59. The van der Waals surface area contributed by atoms with E-state index < -0.39 is 22.1 Å². The van der Waals surface area contributed by atoms with Crippen LogP contribution in [0.1, 0.15) is 20.7 Å². The minimum atomic E-state index is -4.30. The van der Waals surface area contributed by atoms with Crippen LogP contribution in [0.3, 0.4) is 0 Å². The summed E-state index contributed by atoms with van der Waals surface area (Å²) in [6.45, 7) is 0. The monoisotopic (exact) mass is 350 g/mol. The maximum atomic E-state index is 11.8. The number of ether oxygens (including phenoxy) is 2. The highest BCUT2D eigenvalue weighted by atomic mass is 32.2. The molecule has 0 unspecified atom stereocenters. The minimum Gasteiger partial charge on any atom is -0.465 e. The Kier molecular flexibility index (Phi) is 5.01. The van der Waals surface area contributed by atoms with Crippen LogP contribution in [0, 0.1) is 0 Å². The predicted molar refractivity (Wildman–Crippen MR) is 84.4 cm³/mol. The van der Waals surface area contributed by atoms with Crippen LogP contribution in [0.2, 0.25) is 0 Å². The summed E-state index contributed by atoms with van der Waals surface area (Å²) in [5.41, 5.74) is 1.32. The van der Waals surface area contributed by atoms with Crippen molar-refractivity contribution in [3.8, 4) is 11.1 Å². The molecule has 0 aliphatic rings. The van der Waals surface area contributed by atoms with E-state index >= 15 is 0 Å². The summed E-state index contributed by atoms with van der Waals surface area (Å²) in [4.78, 5) is 23.3. The summed E-state index contributed by atoms with van der Waals surface area (Å²) in [6.07, 6.45) is 0. The van der Waals surface area contributed by atoms with Gasteiger partial charge in [-0.05, 0) is 41.5 Å². The Morgan fingerprint density at radius 1 is 0.833 bits per heavy atom. The second-order valence-electron chi connectivity index (χ2n) is 4.78. The van der Waals surface area contributed by atoms with Crippen molar-refractivity contribution < 1.29 is 32.0 Å². The summed E-state index contributed by atoms with van der Waals surface area (Å²) in [5.74, 6) is -1.26. The highest BCUT2D eigenvalue weighted by molar-refractivity contribution is 7.85. The van der Waals surface area contributed by atoms with Crippen molar-refractivity contribution in [1.82, 2.24) is 0 Å². The van der Waals surface area contributed by atoms with E-state index in [0.29, 0.717) is 11.1 Å². The third-order valence-corrected chi connectivity index (χ3v) is 4.13. The molecule has 24 heavy (non-hydrogen) atoms. The van der Waals surface area contributed by atoms with Crippen LogP contribution < -0.4 is 0 Å². The quantitative estimate of drug-likeness (QED) is 0.665. The van der Waals surface area contributed by atoms with E-state index in [1.165, 1.54) is 56.7 Å². The number of hydrogen-bond acceptors (Lipinski definition) is 6. The number of esters is 2. The molecule has 2 rings (SSSR count). The van der Waals surface area contributed by atoms with Crippen LogP contribution >= 0.6 is 0 Å². The molecule has 1 N–H and O–H groups in total. The van der Waals surface area contributed by atoms with Gasteiger partial charge >= 0.3 is 11.9 Å². The largest absolute Gasteiger partial charge is 0.465 e. The lowest BCUT2D eigenvalue weighted by Crippen LogP contribution is -2.07. The first kappa shape index (κ1) is 17.6. The van der Waals surface area contributed by atoms with Gasteiger partial charge in [0.1, 0.15) is 0 Å². The zero-order valence-corrected chi connectivity index (χ0v) is 13.7. The van der Waals surface area contributed by atoms with E-state index in [4.69, 9.17) is 4.55 Å². The highest BCUT2D eigenvalue weighted by Crippen LogP contribution is 2.25. The van der Waals surface area contributed by atoms with Crippen LogP contribution in [0.5, 0.6) is 0 Å². The lowest BCUT2D eigenvalue weighted by molar-refractivity contribution is 0.0599. The molecule has 126 valence electrons. The molecule has 0 spiro atoms. The number of rotatable bonds is 4. The Morgan fingerprint density at radius 3 is 1.67 bits per heavy atom. The smallest absolute Gasteiger partial charge is 0.337 e. The molecule has 0 radical (unpaired) electrons. The Bertz CT molecular complexity index is 849. The van der Waals surface area contributed by atoms with Crippen LogP contribution in [-0.2, 0) is 19.6 Å². The second kappa shape index (κ2) is 6.81. The Hall–Kier alpha value is -2.71. The first-order chi connectivity index (χ1) is 11.3. The van der Waals surface area contributed by atoms with Gasteiger partial charge in [0.05, 0.1) is 30.2 Å². The van der Waals surface area contributed by atoms with Gasteiger partial charge in [-0.25, -0.2) is 9.59 Å². The minimum absolute atomic E-state index is 0.147. The van der Waals surface area contributed by atoms with E-state index in [2.05, 4.69) is 9.47 Å². The van der Waals surface area contributed by atoms with Crippen LogP contribution in [-0.4, -0.2) is 39.1 Å². The van der Waals surface area contributed by atoms with Crippen molar-refractivity contribution in [2.75, 3.05) is 14.2 Å². The maximum Gasteiger partial charge on any atom is 0.337 e. The zero-order valence-electron chi connectivity index (χ0n) is 12.8. The summed E-state index contributed by atoms with van der Waals surface area (Å²) in [5, 5.41) is 0. The SMILES string of the molecule is COC(=O)c1cc(C(=O)OC)cc(-c2ccc(S(=O)(=O)O)cc2)c1. The van der Waals surface area contributed by atoms with Gasteiger partial charge in [0.25, 0.3) is 10.1 Å². The number of hydrogen-bond donors (Lipinski definition) is 1. The molecule has 2 aromatic rings. The van der Waals surface area contributed by atoms with Gasteiger partial charge in [0, 0.05) is 0 Å². The van der Waals surface area contributed by atoms with Gasteiger partial charge < -0.3 is 9.47 Å². The lowest BCUT2D eigenvalue weighted by atomic mass is 10.00. The van der Waals surface area contributed by atoms with Gasteiger partial charge in [-0.2, -0.15) is 8.42 Å². The van der Waals surface area contributed by atoms with E-state index in [9.17, 15) is 18.0 Å². The van der Waals surface area contributed by atoms with Crippen LogP contribution in [0.4, 0.5) is 0 Å². The molecular weight excluding hydrogens is 336 g/mol. The van der Waals surface area contributed by atoms with Crippen molar-refractivity contribution in [3.05, 3.63) is 53.6 Å². The molecule has 0 aliphatic carbocycles. The molecule has 0 saturated carbocycles. The van der Waals surface area contributed by atoms with Crippen molar-refractivity contribution in [1.29, 1.82) is 0 Å². The molecule has 0 aromatic heterocycles. The van der Waals surface area contributed by atoms with Gasteiger partial charge in [0.2, 0.25) is 0 Å². The number of carbonyl (C=O) groups is 2. The van der Waals surface area contributed by atoms with E-state index in [0.717, 1.165) is 0 Å². The van der Waals surface area contributed by atoms with E-state index in [1.807, 2.05) is 0 Å². The third-order valence-electron chi connectivity index (χ3n) is 3.26. The fourth-order valence-corrected chi connectivity index (χ4v) is 2.57. The topological polar surface area (TPSA) is 107 Å². The number of benzene rings is 2. The molecule has 2 aromatic carbocycles. The molecule has 0 saturated heterocycles. The summed E-state index contributed by atoms with van der Waals surface area (Å²) < 4.78 is 40.5. The van der Waals surface area contributed by atoms with Gasteiger partial charge in [-0.1, -0.05) is 12.1 Å². The Labute approximate surface area is 138 Å². The summed E-state index contributed by atoms with van der Waals surface area (Å²) in [6, 6.07) is 9.66. The Morgan fingerprint density at radius 2 is 1.29 bits per heavy atom. The first-order valence-corrected chi connectivity index (χ1v) is 8.10. The van der Waals surface area contributed by atoms with Gasteiger partial charge in [-0.15, -0.1) is 0 Å². The van der Waals surface area contributed by atoms with Crippen molar-refractivity contribution >= 4 is 22.1 Å². The molecule has 0 bridgehead atoms. The number of methoxy groups -OCH3 is 2. The lowest BCUT2D eigenvalue weighted by Gasteiger charge is -2.08. The zero-order chi connectivity index (χ0) is 17.9. The van der Waals surface area contributed by atoms with Crippen LogP contribution in [0.25, 0.3) is 11.1 Å². The number of carbonyl (C=O) groups excluding carboxylic acids is 2. The van der Waals surface area contributed by atoms with E-state index in [-0.39, 0.29) is 16.0 Å². The average molecular weight is 350 g/mol. The fraction of sp³-hybridized carbons (Fsp3) is 0.125. The van der Waals surface area contributed by atoms with Crippen molar-refractivity contribution in [2.45, 2.75) is 4.90 Å². The molecule has 0 aliphatic heterocycles. The summed E-state index contributed by atoms with van der Waals surface area (Å²) >= 11 is 0. The highest BCUT2D eigenvalue weighted by Gasteiger charge is 2.15. The van der Waals surface area contributed by atoms with Crippen molar-refractivity contribution in [3.63, 3.8) is 0 Å². The molecule has 0 amide bonds. The predicted octanol–water partition coefficient (Wildman–Crippen LogP) is 2.17. The van der Waals surface area contributed by atoms with Crippen molar-refractivity contribution in [2.24, 2.45) is 0 Å². The third kappa shape index (κ3) is 3.79. The Balaban J connectivity index is 2.56. The second-order valence-corrected chi connectivity index (χ2v) is 6.20. The standard InChI is InChI=1S/C16H14O7S/c1-22-15(17)12-7-11(8-13(9-12)16(18)23-2)10-3-5-14(6-4-10)24(19,20)21/h3-9H,1-2H3,(H,19,20,21). The molecule has 7 nitrogen and oxygen atoms in total. The molecule has 0 atom stereocenters. The maximum absolute atomic E-state index is 11.8. The van der Waals surface area contributed by atoms with Crippen LogP contribution in [0.15, 0.2) is 47.4 Å². The summed E-state index contributed by atoms with van der Waals surface area (Å²) in [7, 11) is -1.87. The molecule has 0 heterocycles. The first-order valence-electron chi connectivity index (χ1n) is 6.66. The van der Waals surface area contributed by atoms with Gasteiger partial charge in [0.15, 0.2) is 0 Å².